The van der Waals surface area contributed by atoms with Gasteiger partial charge in [0.05, 0.1) is 25.0 Å². The van der Waals surface area contributed by atoms with Crippen LogP contribution in [0.5, 0.6) is 0 Å². The highest BCUT2D eigenvalue weighted by atomic mass is 32.2. The van der Waals surface area contributed by atoms with E-state index in [0.717, 1.165) is 51.2 Å². The Morgan fingerprint density at radius 3 is 2.36 bits per heavy atom. The summed E-state index contributed by atoms with van der Waals surface area (Å²) in [6.45, 7) is 2.20. The molecule has 1 aromatic carbocycles. The predicted octanol–water partition coefficient (Wildman–Crippen LogP) is 3.18. The van der Waals surface area contributed by atoms with Crippen molar-refractivity contribution in [2.24, 2.45) is 0 Å². The second-order valence-electron chi connectivity index (χ2n) is 7.22. The van der Waals surface area contributed by atoms with Gasteiger partial charge in [0.1, 0.15) is 0 Å². The molecule has 1 aliphatic rings. The van der Waals surface area contributed by atoms with E-state index in [-0.39, 0.29) is 12.6 Å². The zero-order chi connectivity index (χ0) is 20.6. The minimum absolute atomic E-state index is 0.116. The molecule has 1 N–H and O–H groups in total. The van der Waals surface area contributed by atoms with Gasteiger partial charge in [0.25, 0.3) is 0 Å². The number of sulfonamides is 1. The standard InChI is InChI=1S/C20H30N2O5S/c1-3-4-14-27-20(24)16-10-12-17(13-11-16)21-19(23)15-22(28(2,25)26)18-8-6-5-7-9-18/h10-13,18H,3-9,14-15H2,1-2H3,(H,21,23). The number of esters is 1. The maximum atomic E-state index is 12.4. The first-order valence-electron chi connectivity index (χ1n) is 9.85. The van der Waals surface area contributed by atoms with Gasteiger partial charge < -0.3 is 10.1 Å². The van der Waals surface area contributed by atoms with Gasteiger partial charge in [0.2, 0.25) is 15.9 Å². The minimum Gasteiger partial charge on any atom is -0.462 e. The van der Waals surface area contributed by atoms with Crippen LogP contribution >= 0.6 is 0 Å². The highest BCUT2D eigenvalue weighted by molar-refractivity contribution is 7.88. The van der Waals surface area contributed by atoms with Crippen LogP contribution in [-0.2, 0) is 19.6 Å². The van der Waals surface area contributed by atoms with Gasteiger partial charge in [-0.3, -0.25) is 4.79 Å². The quantitative estimate of drug-likeness (QED) is 0.499. The third kappa shape index (κ3) is 6.91. The lowest BCUT2D eigenvalue weighted by Gasteiger charge is -2.31. The SMILES string of the molecule is CCCCOC(=O)c1ccc(NC(=O)CN(C2CCCCC2)S(C)(=O)=O)cc1. The van der Waals surface area contributed by atoms with Crippen molar-refractivity contribution in [3.8, 4) is 0 Å². The number of hydrogen-bond acceptors (Lipinski definition) is 5. The Hall–Kier alpha value is -1.93. The van der Waals surface area contributed by atoms with Crippen LogP contribution < -0.4 is 5.32 Å². The van der Waals surface area contributed by atoms with Crippen LogP contribution in [0, 0.1) is 0 Å². The molecule has 8 heteroatoms. The molecule has 156 valence electrons. The number of hydrogen-bond donors (Lipinski definition) is 1. The van der Waals surface area contributed by atoms with Crippen molar-refractivity contribution in [3.63, 3.8) is 0 Å². The molecule has 2 rings (SSSR count). The summed E-state index contributed by atoms with van der Waals surface area (Å²) in [5.74, 6) is -0.791. The van der Waals surface area contributed by atoms with E-state index in [1.165, 1.54) is 4.31 Å². The fourth-order valence-corrected chi connectivity index (χ4v) is 4.41. The number of unbranched alkanes of at least 4 members (excludes halogenated alkanes) is 1. The largest absolute Gasteiger partial charge is 0.462 e. The summed E-state index contributed by atoms with van der Waals surface area (Å²) in [7, 11) is -3.47. The van der Waals surface area contributed by atoms with Crippen molar-refractivity contribution in [1.82, 2.24) is 4.31 Å². The van der Waals surface area contributed by atoms with Crippen LogP contribution in [0.25, 0.3) is 0 Å². The van der Waals surface area contributed by atoms with Crippen LogP contribution in [0.3, 0.4) is 0 Å². The number of nitrogens with one attached hydrogen (secondary N) is 1. The lowest BCUT2D eigenvalue weighted by molar-refractivity contribution is -0.116. The van der Waals surface area contributed by atoms with Gasteiger partial charge >= 0.3 is 5.97 Å². The van der Waals surface area contributed by atoms with E-state index in [0.29, 0.717) is 17.9 Å². The molecule has 0 aromatic heterocycles. The van der Waals surface area contributed by atoms with Gasteiger partial charge in [0.15, 0.2) is 0 Å². The van der Waals surface area contributed by atoms with Gasteiger partial charge in [-0.2, -0.15) is 4.31 Å². The van der Waals surface area contributed by atoms with Crippen LogP contribution in [0.15, 0.2) is 24.3 Å². The van der Waals surface area contributed by atoms with Gasteiger partial charge in [-0.25, -0.2) is 13.2 Å². The molecular weight excluding hydrogens is 380 g/mol. The van der Waals surface area contributed by atoms with Crippen molar-refractivity contribution < 1.29 is 22.7 Å². The van der Waals surface area contributed by atoms with Crippen molar-refractivity contribution >= 4 is 27.6 Å². The Balaban J connectivity index is 1.94. The van der Waals surface area contributed by atoms with E-state index in [1.54, 1.807) is 24.3 Å². The van der Waals surface area contributed by atoms with E-state index in [9.17, 15) is 18.0 Å². The van der Waals surface area contributed by atoms with Crippen LogP contribution in [0.4, 0.5) is 5.69 Å². The Labute approximate surface area is 167 Å². The first-order valence-corrected chi connectivity index (χ1v) is 11.7. The van der Waals surface area contributed by atoms with E-state index < -0.39 is 21.9 Å². The monoisotopic (exact) mass is 410 g/mol. The minimum atomic E-state index is -3.47. The molecule has 0 saturated heterocycles. The number of carbonyl (C=O) groups excluding carboxylic acids is 2. The maximum Gasteiger partial charge on any atom is 0.338 e. The molecule has 7 nitrogen and oxygen atoms in total. The number of nitrogens with zero attached hydrogens (tertiary/aromatic N) is 1. The highest BCUT2D eigenvalue weighted by Gasteiger charge is 2.29. The summed E-state index contributed by atoms with van der Waals surface area (Å²) in [6, 6.07) is 6.27. The van der Waals surface area contributed by atoms with Crippen molar-refractivity contribution in [3.05, 3.63) is 29.8 Å². The summed E-state index contributed by atoms with van der Waals surface area (Å²) in [5.41, 5.74) is 0.918. The first kappa shape index (κ1) is 22.4. The molecule has 1 aromatic rings. The van der Waals surface area contributed by atoms with Crippen LogP contribution in [-0.4, -0.2) is 50.0 Å². The lowest BCUT2D eigenvalue weighted by Crippen LogP contribution is -2.45. The Kier molecular flexibility index (Phi) is 8.44. The summed E-state index contributed by atoms with van der Waals surface area (Å²) in [4.78, 5) is 24.3. The second-order valence-corrected chi connectivity index (χ2v) is 9.15. The molecule has 0 bridgehead atoms. The zero-order valence-corrected chi connectivity index (χ0v) is 17.5. The molecule has 1 fully saturated rings. The molecule has 28 heavy (non-hydrogen) atoms. The fourth-order valence-electron chi connectivity index (χ4n) is 3.31. The average molecular weight is 411 g/mol. The Bertz CT molecular complexity index is 755. The molecular formula is C20H30N2O5S. The Morgan fingerprint density at radius 1 is 1.14 bits per heavy atom. The number of rotatable bonds is 9. The summed E-state index contributed by atoms with van der Waals surface area (Å²) in [6.07, 6.45) is 7.55. The third-order valence-electron chi connectivity index (χ3n) is 4.84. The molecule has 0 unspecified atom stereocenters. The van der Waals surface area contributed by atoms with E-state index in [1.807, 2.05) is 6.92 Å². The molecule has 0 radical (unpaired) electrons. The predicted molar refractivity (Wildman–Crippen MR) is 109 cm³/mol. The molecule has 1 amide bonds. The topological polar surface area (TPSA) is 92.8 Å². The number of amides is 1. The molecule has 0 atom stereocenters. The summed E-state index contributed by atoms with van der Waals surface area (Å²) >= 11 is 0. The van der Waals surface area contributed by atoms with Gasteiger partial charge in [-0.1, -0.05) is 32.6 Å². The van der Waals surface area contributed by atoms with Crippen molar-refractivity contribution in [2.75, 3.05) is 24.7 Å². The molecule has 0 heterocycles. The molecule has 1 saturated carbocycles. The van der Waals surface area contributed by atoms with E-state index >= 15 is 0 Å². The van der Waals surface area contributed by atoms with Gasteiger partial charge in [0, 0.05) is 11.7 Å². The third-order valence-corrected chi connectivity index (χ3v) is 6.12. The average Bonchev–Trinajstić information content (AvgIpc) is 2.66. The van der Waals surface area contributed by atoms with Crippen LogP contribution in [0.1, 0.15) is 62.2 Å². The summed E-state index contributed by atoms with van der Waals surface area (Å²) < 4.78 is 30.7. The molecule has 0 aliphatic heterocycles. The number of anilines is 1. The molecule has 1 aliphatic carbocycles. The first-order chi connectivity index (χ1) is 13.3. The highest BCUT2D eigenvalue weighted by Crippen LogP contribution is 2.24. The van der Waals surface area contributed by atoms with Gasteiger partial charge in [-0.05, 0) is 43.5 Å². The smallest absolute Gasteiger partial charge is 0.338 e. The van der Waals surface area contributed by atoms with E-state index in [2.05, 4.69) is 5.32 Å². The number of benzene rings is 1. The lowest BCUT2D eigenvalue weighted by atomic mass is 9.95. The van der Waals surface area contributed by atoms with Crippen LogP contribution in [0.2, 0.25) is 0 Å². The fraction of sp³-hybridized carbons (Fsp3) is 0.600. The zero-order valence-electron chi connectivity index (χ0n) is 16.6. The van der Waals surface area contributed by atoms with Crippen molar-refractivity contribution in [2.45, 2.75) is 57.9 Å². The second kappa shape index (κ2) is 10.6. The van der Waals surface area contributed by atoms with Gasteiger partial charge in [-0.15, -0.1) is 0 Å². The summed E-state index contributed by atoms with van der Waals surface area (Å²) in [5, 5.41) is 2.70. The molecule has 0 spiro atoms. The number of carbonyl (C=O) groups is 2. The maximum absolute atomic E-state index is 12.4. The number of ether oxygens (including phenoxy) is 1. The Morgan fingerprint density at radius 2 is 1.79 bits per heavy atom. The van der Waals surface area contributed by atoms with E-state index in [4.69, 9.17) is 4.74 Å². The normalized spacial score (nSPS) is 15.4. The van der Waals surface area contributed by atoms with Crippen molar-refractivity contribution in [1.29, 1.82) is 0 Å².